The van der Waals surface area contributed by atoms with Gasteiger partial charge >= 0.3 is 0 Å². The minimum Gasteiger partial charge on any atom is -0.412 e. The predicted molar refractivity (Wildman–Crippen MR) is 38.8 cm³/mol. The van der Waals surface area contributed by atoms with Crippen LogP contribution in [-0.2, 0) is 26.6 Å². The first-order valence-electron chi connectivity index (χ1n) is 2.59. The summed E-state index contributed by atoms with van der Waals surface area (Å²) in [6.07, 6.45) is -0.167. The van der Waals surface area contributed by atoms with Crippen molar-refractivity contribution in [3.8, 4) is 0 Å². The Morgan fingerprint density at radius 1 is 1.27 bits per heavy atom. The van der Waals surface area contributed by atoms with E-state index in [1.807, 2.05) is 0 Å². The van der Waals surface area contributed by atoms with E-state index in [2.05, 4.69) is 4.89 Å². The molecule has 72 valence electrons. The second-order valence-corrected chi connectivity index (χ2v) is 1.51. The Morgan fingerprint density at radius 3 is 1.36 bits per heavy atom. The molecule has 0 rings (SSSR count). The van der Waals surface area contributed by atoms with Crippen molar-refractivity contribution >= 4 is 0 Å². The van der Waals surface area contributed by atoms with Gasteiger partial charge in [-0.05, 0) is 20.8 Å². The molecule has 0 heterocycles. The van der Waals surface area contributed by atoms with Crippen LogP contribution in [0.3, 0.4) is 0 Å². The van der Waals surface area contributed by atoms with Gasteiger partial charge in [-0.1, -0.05) is 0 Å². The number of hydrogen-bond donors (Lipinski definition) is 2. The van der Waals surface area contributed by atoms with Crippen molar-refractivity contribution in [2.45, 2.75) is 26.9 Å². The Hall–Kier alpha value is 0.514. The fourth-order valence-electron chi connectivity index (χ4n) is 0. The predicted octanol–water partition coefficient (Wildman–Crippen LogP) is -0.769. The average molecular weight is 206 g/mol. The van der Waals surface area contributed by atoms with Gasteiger partial charge in [-0.2, -0.15) is 0 Å². The van der Waals surface area contributed by atoms with E-state index in [0.29, 0.717) is 6.61 Å². The Balaban J connectivity index is -0.0000000171. The third-order valence-corrected chi connectivity index (χ3v) is 0.129. The summed E-state index contributed by atoms with van der Waals surface area (Å²) >= 11 is 0. The van der Waals surface area contributed by atoms with Gasteiger partial charge in [-0.25, -0.2) is 4.89 Å². The maximum absolute atomic E-state index is 8.06. The molecule has 11 heavy (non-hydrogen) atoms. The third-order valence-electron chi connectivity index (χ3n) is 0.129. The van der Waals surface area contributed by atoms with Crippen LogP contribution < -0.4 is 0 Å². The maximum atomic E-state index is 8.06. The van der Waals surface area contributed by atoms with Crippen LogP contribution in [0.4, 0.5) is 0 Å². The minimum absolute atomic E-state index is 0. The van der Waals surface area contributed by atoms with Gasteiger partial charge in [0.1, 0.15) is 0 Å². The quantitative estimate of drug-likeness (QED) is 0.333. The molecule has 0 saturated carbocycles. The molecule has 0 spiro atoms. The summed E-state index contributed by atoms with van der Waals surface area (Å²) in [5, 5.41) is 15.4. The van der Waals surface area contributed by atoms with Crippen LogP contribution in [-0.4, -0.2) is 34.0 Å². The first kappa shape index (κ1) is 30.0. The molecule has 0 atom stereocenters. The zero-order chi connectivity index (χ0) is 6.99. The molecule has 0 aliphatic carbocycles. The fraction of sp³-hybridized carbons (Fsp3) is 1.00. The summed E-state index contributed by atoms with van der Waals surface area (Å²) in [5.41, 5.74) is 0. The standard InChI is InChI=1S/C3H8O.C2H6O2.2H2O.Ti/c1-3(2)4;1-2-4-3;;;/h3-4H,1-2H3;3H,2H2,1H3;2*1H2;. The zero-order valence-corrected chi connectivity index (χ0v) is 8.65. The van der Waals surface area contributed by atoms with E-state index in [9.17, 15) is 0 Å². The molecule has 0 fully saturated rings. The molecule has 0 amide bonds. The molecular formula is C5H18O5Ti. The zero-order valence-electron chi connectivity index (χ0n) is 7.09. The molecule has 0 radical (unpaired) electrons. The Kier molecular flexibility index (Phi) is 85.4. The van der Waals surface area contributed by atoms with Gasteiger partial charge in [0.25, 0.3) is 0 Å². The number of rotatable bonds is 1. The van der Waals surface area contributed by atoms with E-state index in [0.717, 1.165) is 0 Å². The molecule has 0 aromatic rings. The van der Waals surface area contributed by atoms with Crippen LogP contribution in [0.5, 0.6) is 0 Å². The molecule has 0 aliphatic heterocycles. The SMILES string of the molecule is CC(C)O.CCOO.O.O.[Ti]. The van der Waals surface area contributed by atoms with Crippen molar-refractivity contribution in [3.63, 3.8) is 0 Å². The van der Waals surface area contributed by atoms with Crippen LogP contribution in [0.25, 0.3) is 0 Å². The maximum Gasteiger partial charge on any atom is 0.0791 e. The van der Waals surface area contributed by atoms with Gasteiger partial charge in [-0.15, -0.1) is 0 Å². The summed E-state index contributed by atoms with van der Waals surface area (Å²) in [4.78, 5) is 3.54. The molecular weight excluding hydrogens is 188 g/mol. The van der Waals surface area contributed by atoms with Crippen molar-refractivity contribution in [1.82, 2.24) is 0 Å². The molecule has 6 N–H and O–H groups in total. The van der Waals surface area contributed by atoms with Gasteiger partial charge < -0.3 is 16.1 Å². The number of aliphatic hydroxyl groups is 1. The smallest absolute Gasteiger partial charge is 0.0791 e. The summed E-state index contributed by atoms with van der Waals surface area (Å²) in [5.74, 6) is 0. The first-order chi connectivity index (χ1) is 3.65. The summed E-state index contributed by atoms with van der Waals surface area (Å²) in [7, 11) is 0. The van der Waals surface area contributed by atoms with Gasteiger partial charge in [0.05, 0.1) is 6.61 Å². The van der Waals surface area contributed by atoms with Crippen molar-refractivity contribution in [2.24, 2.45) is 0 Å². The Labute approximate surface area is 81.8 Å². The van der Waals surface area contributed by atoms with E-state index < -0.39 is 0 Å². The van der Waals surface area contributed by atoms with Crippen molar-refractivity contribution in [3.05, 3.63) is 0 Å². The third kappa shape index (κ3) is 332. The molecule has 0 aliphatic rings. The summed E-state index contributed by atoms with van der Waals surface area (Å²) in [6.45, 7) is 5.53. The second-order valence-electron chi connectivity index (χ2n) is 1.51. The minimum atomic E-state index is -0.167. The fourth-order valence-corrected chi connectivity index (χ4v) is 0. The molecule has 6 heteroatoms. The summed E-state index contributed by atoms with van der Waals surface area (Å²) < 4.78 is 0. The normalized spacial score (nSPS) is 6.00. The van der Waals surface area contributed by atoms with Crippen molar-refractivity contribution in [2.75, 3.05) is 6.61 Å². The van der Waals surface area contributed by atoms with Gasteiger partial charge in [0, 0.05) is 27.8 Å². The molecule has 0 unspecified atom stereocenters. The largest absolute Gasteiger partial charge is 0.412 e. The van der Waals surface area contributed by atoms with Crippen molar-refractivity contribution < 1.29 is 47.9 Å². The molecule has 0 aromatic carbocycles. The number of hydrogen-bond acceptors (Lipinski definition) is 3. The van der Waals surface area contributed by atoms with E-state index >= 15 is 0 Å². The Bertz CT molecular complexity index is 31.3. The molecule has 0 saturated heterocycles. The van der Waals surface area contributed by atoms with E-state index in [1.54, 1.807) is 20.8 Å². The van der Waals surface area contributed by atoms with E-state index in [-0.39, 0.29) is 38.8 Å². The van der Waals surface area contributed by atoms with Crippen LogP contribution in [0, 0.1) is 0 Å². The summed E-state index contributed by atoms with van der Waals surface area (Å²) in [6, 6.07) is 0. The average Bonchev–Trinajstić information content (AvgIpc) is 1.65. The molecule has 5 nitrogen and oxygen atoms in total. The topological polar surface area (TPSA) is 113 Å². The molecule has 0 bridgehead atoms. The second kappa shape index (κ2) is 31.3. The van der Waals surface area contributed by atoms with E-state index in [1.165, 1.54) is 0 Å². The van der Waals surface area contributed by atoms with Crippen LogP contribution >= 0.6 is 0 Å². The van der Waals surface area contributed by atoms with Crippen LogP contribution in [0.2, 0.25) is 0 Å². The van der Waals surface area contributed by atoms with Gasteiger partial charge in [0.2, 0.25) is 0 Å². The van der Waals surface area contributed by atoms with Crippen molar-refractivity contribution in [1.29, 1.82) is 0 Å². The van der Waals surface area contributed by atoms with Gasteiger partial charge in [-0.3, -0.25) is 5.26 Å². The first-order valence-corrected chi connectivity index (χ1v) is 2.59. The number of aliphatic hydroxyl groups excluding tert-OH is 1. The van der Waals surface area contributed by atoms with Crippen LogP contribution in [0.15, 0.2) is 0 Å². The van der Waals surface area contributed by atoms with Gasteiger partial charge in [0.15, 0.2) is 0 Å². The molecule has 0 aromatic heterocycles. The Morgan fingerprint density at radius 2 is 1.36 bits per heavy atom. The van der Waals surface area contributed by atoms with Crippen LogP contribution in [0.1, 0.15) is 20.8 Å². The van der Waals surface area contributed by atoms with E-state index in [4.69, 9.17) is 10.4 Å². The monoisotopic (exact) mass is 206 g/mol.